The van der Waals surface area contributed by atoms with Crippen LogP contribution in [0.5, 0.6) is 0 Å². The largest absolute Gasteiger partial charge is 0.314 e. The van der Waals surface area contributed by atoms with Gasteiger partial charge in [0.2, 0.25) is 0 Å². The molecule has 1 unspecified atom stereocenters. The summed E-state index contributed by atoms with van der Waals surface area (Å²) in [6.07, 6.45) is 8.04. The third-order valence-electron chi connectivity index (χ3n) is 3.91. The molecule has 0 heterocycles. The van der Waals surface area contributed by atoms with Crippen LogP contribution in [-0.2, 0) is 0 Å². The Hall–Kier alpha value is 0.690. The summed E-state index contributed by atoms with van der Waals surface area (Å²) >= 11 is 2.48. The van der Waals surface area contributed by atoms with E-state index in [9.17, 15) is 0 Å². The van der Waals surface area contributed by atoms with Gasteiger partial charge in [-0.2, -0.15) is 0 Å². The fourth-order valence-corrected chi connectivity index (χ4v) is 3.18. The summed E-state index contributed by atoms with van der Waals surface area (Å²) < 4.78 is 1.27. The van der Waals surface area contributed by atoms with Gasteiger partial charge in [-0.3, -0.25) is 0 Å². The van der Waals surface area contributed by atoms with Gasteiger partial charge in [-0.05, 0) is 44.1 Å². The Bertz CT molecular complexity index is 157. The first kappa shape index (κ1) is 17.7. The normalized spacial score (nSPS) is 15.2. The van der Waals surface area contributed by atoms with Crippen LogP contribution in [0, 0.1) is 11.8 Å². The van der Waals surface area contributed by atoms with E-state index in [0.29, 0.717) is 0 Å². The molecule has 17 heavy (non-hydrogen) atoms. The molecular formula is C15H32IN. The van der Waals surface area contributed by atoms with Crippen molar-refractivity contribution in [2.75, 3.05) is 11.0 Å². The molecule has 1 N–H and O–H groups in total. The van der Waals surface area contributed by atoms with Crippen LogP contribution in [0.1, 0.15) is 66.2 Å². The van der Waals surface area contributed by atoms with Crippen LogP contribution < -0.4 is 5.32 Å². The molecular weight excluding hydrogens is 321 g/mol. The predicted octanol–water partition coefficient (Wildman–Crippen LogP) is 5.03. The lowest BCUT2D eigenvalue weighted by atomic mass is 9.90. The summed E-state index contributed by atoms with van der Waals surface area (Å²) in [7, 11) is 0. The highest BCUT2D eigenvalue weighted by atomic mass is 127. The number of hydrogen-bond donors (Lipinski definition) is 1. The third-order valence-corrected chi connectivity index (χ3v) is 4.53. The molecule has 0 spiro atoms. The minimum absolute atomic E-state index is 0.743. The van der Waals surface area contributed by atoms with Crippen LogP contribution >= 0.6 is 22.6 Å². The smallest absolute Gasteiger partial charge is 0.00717 e. The topological polar surface area (TPSA) is 12.0 Å². The maximum absolute atomic E-state index is 3.71. The van der Waals surface area contributed by atoms with Gasteiger partial charge in [0, 0.05) is 10.5 Å². The molecule has 0 fully saturated rings. The van der Waals surface area contributed by atoms with Crippen molar-refractivity contribution in [3.8, 4) is 0 Å². The molecule has 0 bridgehead atoms. The molecule has 0 aliphatic rings. The molecule has 0 radical (unpaired) electrons. The van der Waals surface area contributed by atoms with Crippen LogP contribution in [0.25, 0.3) is 0 Å². The van der Waals surface area contributed by atoms with Crippen molar-refractivity contribution in [1.82, 2.24) is 5.32 Å². The first-order valence-corrected chi connectivity index (χ1v) is 8.99. The lowest BCUT2D eigenvalue weighted by Crippen LogP contribution is -2.30. The number of nitrogens with one attached hydrogen (secondary N) is 1. The fourth-order valence-electron chi connectivity index (χ4n) is 2.42. The Morgan fingerprint density at radius 2 is 1.65 bits per heavy atom. The van der Waals surface area contributed by atoms with Crippen molar-refractivity contribution in [3.63, 3.8) is 0 Å². The second-order valence-electron chi connectivity index (χ2n) is 5.35. The maximum Gasteiger partial charge on any atom is 0.00717 e. The molecule has 0 aliphatic carbocycles. The van der Waals surface area contributed by atoms with E-state index in [4.69, 9.17) is 0 Å². The summed E-state index contributed by atoms with van der Waals surface area (Å²) in [6.45, 7) is 10.6. The molecule has 0 amide bonds. The van der Waals surface area contributed by atoms with Crippen LogP contribution in [0.4, 0.5) is 0 Å². The fraction of sp³-hybridized carbons (Fsp3) is 1.00. The predicted molar refractivity (Wildman–Crippen MR) is 88.1 cm³/mol. The van der Waals surface area contributed by atoms with Crippen molar-refractivity contribution >= 4 is 22.6 Å². The monoisotopic (exact) mass is 353 g/mol. The molecule has 0 saturated carbocycles. The van der Waals surface area contributed by atoms with E-state index in [2.05, 4.69) is 55.6 Å². The lowest BCUT2D eigenvalue weighted by Gasteiger charge is -2.20. The van der Waals surface area contributed by atoms with E-state index in [1.807, 2.05) is 0 Å². The average molecular weight is 353 g/mol. The average Bonchev–Trinajstić information content (AvgIpc) is 2.34. The quantitative estimate of drug-likeness (QED) is 0.406. The minimum Gasteiger partial charge on any atom is -0.314 e. The Kier molecular flexibility index (Phi) is 12.2. The standard InChI is InChI=1S/C15H32IN/c1-5-14(6-2)12-13(4)9-11-17-15(7-3)8-10-16/h13-15,17H,5-12H2,1-4H3/t13-,15?/m0/s1. The van der Waals surface area contributed by atoms with Gasteiger partial charge in [0.15, 0.2) is 0 Å². The SMILES string of the molecule is CCC(CC)C[C@@H](C)CCNC(CC)CCI. The van der Waals surface area contributed by atoms with Crippen molar-refractivity contribution in [2.45, 2.75) is 72.3 Å². The molecule has 0 saturated heterocycles. The van der Waals surface area contributed by atoms with Crippen molar-refractivity contribution in [1.29, 1.82) is 0 Å². The number of hydrogen-bond acceptors (Lipinski definition) is 1. The Morgan fingerprint density at radius 1 is 1.00 bits per heavy atom. The summed E-state index contributed by atoms with van der Waals surface area (Å²) in [5, 5.41) is 3.71. The Morgan fingerprint density at radius 3 is 2.12 bits per heavy atom. The van der Waals surface area contributed by atoms with Gasteiger partial charge in [0.1, 0.15) is 0 Å². The van der Waals surface area contributed by atoms with Gasteiger partial charge >= 0.3 is 0 Å². The number of alkyl halides is 1. The molecule has 0 aliphatic heterocycles. The van der Waals surface area contributed by atoms with E-state index >= 15 is 0 Å². The van der Waals surface area contributed by atoms with Crippen molar-refractivity contribution in [2.24, 2.45) is 11.8 Å². The van der Waals surface area contributed by atoms with Crippen LogP contribution in [-0.4, -0.2) is 17.0 Å². The second kappa shape index (κ2) is 11.8. The highest BCUT2D eigenvalue weighted by molar-refractivity contribution is 14.1. The van der Waals surface area contributed by atoms with Crippen LogP contribution in [0.15, 0.2) is 0 Å². The highest BCUT2D eigenvalue weighted by Gasteiger charge is 2.10. The lowest BCUT2D eigenvalue weighted by molar-refractivity contribution is 0.344. The molecule has 0 aromatic heterocycles. The van der Waals surface area contributed by atoms with Gasteiger partial charge in [-0.1, -0.05) is 63.1 Å². The summed E-state index contributed by atoms with van der Waals surface area (Å²) in [6, 6.07) is 0.743. The van der Waals surface area contributed by atoms with Crippen molar-refractivity contribution in [3.05, 3.63) is 0 Å². The molecule has 0 rings (SSSR count). The van der Waals surface area contributed by atoms with E-state index < -0.39 is 0 Å². The van der Waals surface area contributed by atoms with E-state index in [1.165, 1.54) is 49.5 Å². The first-order chi connectivity index (χ1) is 8.17. The zero-order chi connectivity index (χ0) is 13.1. The van der Waals surface area contributed by atoms with E-state index in [-0.39, 0.29) is 0 Å². The van der Waals surface area contributed by atoms with Gasteiger partial charge < -0.3 is 5.32 Å². The molecule has 0 aromatic carbocycles. The number of rotatable bonds is 11. The van der Waals surface area contributed by atoms with Gasteiger partial charge in [-0.25, -0.2) is 0 Å². The van der Waals surface area contributed by atoms with E-state index in [1.54, 1.807) is 0 Å². The molecule has 2 heteroatoms. The number of halogens is 1. The Labute approximate surface area is 123 Å². The van der Waals surface area contributed by atoms with Crippen molar-refractivity contribution < 1.29 is 0 Å². The van der Waals surface area contributed by atoms with Gasteiger partial charge in [0.05, 0.1) is 0 Å². The van der Waals surface area contributed by atoms with Gasteiger partial charge in [0.25, 0.3) is 0 Å². The first-order valence-electron chi connectivity index (χ1n) is 7.47. The molecule has 104 valence electrons. The molecule has 0 aromatic rings. The zero-order valence-electron chi connectivity index (χ0n) is 12.3. The van der Waals surface area contributed by atoms with Gasteiger partial charge in [-0.15, -0.1) is 0 Å². The molecule has 2 atom stereocenters. The second-order valence-corrected chi connectivity index (χ2v) is 6.43. The summed E-state index contributed by atoms with van der Waals surface area (Å²) in [4.78, 5) is 0. The zero-order valence-corrected chi connectivity index (χ0v) is 14.4. The molecule has 1 nitrogen and oxygen atoms in total. The summed E-state index contributed by atoms with van der Waals surface area (Å²) in [5.74, 6) is 1.82. The van der Waals surface area contributed by atoms with Crippen LogP contribution in [0.2, 0.25) is 0 Å². The minimum atomic E-state index is 0.743. The van der Waals surface area contributed by atoms with Crippen LogP contribution in [0.3, 0.4) is 0 Å². The summed E-state index contributed by atoms with van der Waals surface area (Å²) in [5.41, 5.74) is 0. The van der Waals surface area contributed by atoms with E-state index in [0.717, 1.165) is 17.9 Å². The maximum atomic E-state index is 3.71. The Balaban J connectivity index is 3.65. The third kappa shape index (κ3) is 9.29. The highest BCUT2D eigenvalue weighted by Crippen LogP contribution is 2.20.